The van der Waals surface area contributed by atoms with Crippen molar-refractivity contribution >= 4 is 30.7 Å². The number of ether oxygens (including phenoxy) is 1. The van der Waals surface area contributed by atoms with Crippen molar-refractivity contribution in [2.75, 3.05) is 13.1 Å². The second kappa shape index (κ2) is 9.90. The van der Waals surface area contributed by atoms with Gasteiger partial charge < -0.3 is 15.4 Å². The highest BCUT2D eigenvalue weighted by atomic mass is 35.5. The molecule has 1 aliphatic heterocycles. The number of halogens is 3. The molecule has 1 aliphatic rings. The van der Waals surface area contributed by atoms with Crippen LogP contribution >= 0.6 is 24.8 Å². The van der Waals surface area contributed by atoms with Crippen molar-refractivity contribution in [3.63, 3.8) is 0 Å². The zero-order valence-electron chi connectivity index (χ0n) is 13.3. The lowest BCUT2D eigenvalue weighted by atomic mass is 10.0. The molecule has 1 amide bonds. The van der Waals surface area contributed by atoms with Gasteiger partial charge in [-0.3, -0.25) is 4.79 Å². The molecule has 0 aliphatic carbocycles. The minimum Gasteiger partial charge on any atom is -0.472 e. The van der Waals surface area contributed by atoms with Crippen LogP contribution in [-0.2, 0) is 4.79 Å². The van der Waals surface area contributed by atoms with E-state index in [-0.39, 0.29) is 48.6 Å². The zero-order valence-corrected chi connectivity index (χ0v) is 14.9. The maximum Gasteiger partial charge on any atom is 0.250 e. The van der Waals surface area contributed by atoms with Gasteiger partial charge in [0.2, 0.25) is 5.91 Å². The molecule has 8 heteroatoms. The second-order valence-corrected chi connectivity index (χ2v) is 5.70. The number of piperidine rings is 1. The van der Waals surface area contributed by atoms with Crippen LogP contribution in [0.5, 0.6) is 5.88 Å². The summed E-state index contributed by atoms with van der Waals surface area (Å²) < 4.78 is 19.0. The van der Waals surface area contributed by atoms with Crippen LogP contribution in [-0.4, -0.2) is 41.0 Å². The quantitative estimate of drug-likeness (QED) is 0.886. The zero-order chi connectivity index (χ0) is 15.4. The molecule has 1 atom stereocenters. The Morgan fingerprint density at radius 1 is 1.39 bits per heavy atom. The number of amides is 1. The number of nitrogens with zero attached hydrogens (tertiary/aromatic N) is 2. The van der Waals surface area contributed by atoms with Gasteiger partial charge in [0.05, 0.1) is 6.04 Å². The first-order valence-electron chi connectivity index (χ1n) is 7.30. The SMILES string of the molecule is CC(C)[C@H](N)C(=O)N1CCC(Oc2ncccc2F)CC1.Cl.Cl. The topological polar surface area (TPSA) is 68.5 Å². The molecule has 132 valence electrons. The van der Waals surface area contributed by atoms with E-state index in [4.69, 9.17) is 10.5 Å². The Hall–Kier alpha value is -1.11. The molecular formula is C15H24Cl2FN3O2. The highest BCUT2D eigenvalue weighted by Gasteiger charge is 2.28. The molecule has 1 fully saturated rings. The minimum atomic E-state index is -0.462. The molecule has 0 bridgehead atoms. The second-order valence-electron chi connectivity index (χ2n) is 5.70. The minimum absolute atomic E-state index is 0. The summed E-state index contributed by atoms with van der Waals surface area (Å²) in [6, 6.07) is 2.38. The Bertz CT molecular complexity index is 497. The molecule has 2 heterocycles. The van der Waals surface area contributed by atoms with Gasteiger partial charge in [-0.1, -0.05) is 13.8 Å². The first kappa shape index (κ1) is 21.9. The number of hydrogen-bond donors (Lipinski definition) is 1. The first-order valence-corrected chi connectivity index (χ1v) is 7.30. The largest absolute Gasteiger partial charge is 0.472 e. The van der Waals surface area contributed by atoms with E-state index in [0.29, 0.717) is 25.9 Å². The predicted molar refractivity (Wildman–Crippen MR) is 91.7 cm³/mol. The number of nitrogens with two attached hydrogens (primary N) is 1. The van der Waals surface area contributed by atoms with Crippen molar-refractivity contribution in [3.8, 4) is 5.88 Å². The van der Waals surface area contributed by atoms with Gasteiger partial charge in [0.25, 0.3) is 5.88 Å². The molecule has 0 radical (unpaired) electrons. The fourth-order valence-corrected chi connectivity index (χ4v) is 2.31. The summed E-state index contributed by atoms with van der Waals surface area (Å²) in [4.78, 5) is 17.8. The Kier molecular flexibility index (Phi) is 9.42. The molecule has 1 saturated heterocycles. The highest BCUT2D eigenvalue weighted by Crippen LogP contribution is 2.20. The van der Waals surface area contributed by atoms with E-state index in [0.717, 1.165) is 0 Å². The standard InChI is InChI=1S/C15H22FN3O2.2ClH/c1-10(2)13(17)15(20)19-8-5-11(6-9-19)21-14-12(16)4-3-7-18-14;;/h3-4,7,10-11,13H,5-6,8-9,17H2,1-2H3;2*1H/t13-;;/m0../s1. The normalized spacial score (nSPS) is 16.3. The summed E-state index contributed by atoms with van der Waals surface area (Å²) >= 11 is 0. The van der Waals surface area contributed by atoms with Crippen molar-refractivity contribution < 1.29 is 13.9 Å². The lowest BCUT2D eigenvalue weighted by Gasteiger charge is -2.34. The smallest absolute Gasteiger partial charge is 0.250 e. The van der Waals surface area contributed by atoms with E-state index in [1.54, 1.807) is 4.90 Å². The maximum atomic E-state index is 13.5. The van der Waals surface area contributed by atoms with Crippen LogP contribution in [0.4, 0.5) is 4.39 Å². The van der Waals surface area contributed by atoms with Crippen molar-refractivity contribution in [2.24, 2.45) is 11.7 Å². The first-order chi connectivity index (χ1) is 9.99. The lowest BCUT2D eigenvalue weighted by molar-refractivity contribution is -0.135. The molecule has 0 unspecified atom stereocenters. The third kappa shape index (κ3) is 5.79. The highest BCUT2D eigenvalue weighted by molar-refractivity contribution is 5.85. The third-order valence-corrected chi connectivity index (χ3v) is 3.76. The molecule has 0 spiro atoms. The average molecular weight is 368 g/mol. The number of carbonyl (C=O) groups excluding carboxylic acids is 1. The molecule has 5 nitrogen and oxygen atoms in total. The number of carbonyl (C=O) groups is 1. The average Bonchev–Trinajstić information content (AvgIpc) is 2.49. The van der Waals surface area contributed by atoms with Crippen LogP contribution in [0.15, 0.2) is 18.3 Å². The van der Waals surface area contributed by atoms with Crippen LogP contribution in [0.1, 0.15) is 26.7 Å². The number of pyridine rings is 1. The van der Waals surface area contributed by atoms with Gasteiger partial charge in [0.1, 0.15) is 6.10 Å². The fraction of sp³-hybridized carbons (Fsp3) is 0.600. The van der Waals surface area contributed by atoms with Gasteiger partial charge >= 0.3 is 0 Å². The number of aromatic nitrogens is 1. The monoisotopic (exact) mass is 367 g/mol. The van der Waals surface area contributed by atoms with E-state index in [1.165, 1.54) is 18.3 Å². The van der Waals surface area contributed by atoms with Gasteiger partial charge in [-0.2, -0.15) is 0 Å². The Morgan fingerprint density at radius 3 is 2.52 bits per heavy atom. The Labute approximate surface area is 148 Å². The van der Waals surface area contributed by atoms with E-state index in [2.05, 4.69) is 4.98 Å². The predicted octanol–water partition coefficient (Wildman–Crippen LogP) is 2.42. The van der Waals surface area contributed by atoms with Crippen molar-refractivity contribution in [3.05, 3.63) is 24.1 Å². The van der Waals surface area contributed by atoms with E-state index in [9.17, 15) is 9.18 Å². The lowest BCUT2D eigenvalue weighted by Crippen LogP contribution is -2.50. The van der Waals surface area contributed by atoms with Crippen LogP contribution in [0.25, 0.3) is 0 Å². The molecule has 2 N–H and O–H groups in total. The summed E-state index contributed by atoms with van der Waals surface area (Å²) in [7, 11) is 0. The van der Waals surface area contributed by atoms with Gasteiger partial charge in [0, 0.05) is 32.1 Å². The van der Waals surface area contributed by atoms with Gasteiger partial charge in [-0.05, 0) is 18.1 Å². The molecule has 2 rings (SSSR count). The third-order valence-electron chi connectivity index (χ3n) is 3.76. The Balaban J connectivity index is 0.00000242. The summed E-state index contributed by atoms with van der Waals surface area (Å²) in [5.41, 5.74) is 5.89. The Morgan fingerprint density at radius 2 is 2.00 bits per heavy atom. The van der Waals surface area contributed by atoms with E-state index < -0.39 is 11.9 Å². The summed E-state index contributed by atoms with van der Waals surface area (Å²) in [6.07, 6.45) is 2.70. The summed E-state index contributed by atoms with van der Waals surface area (Å²) in [5, 5.41) is 0. The maximum absolute atomic E-state index is 13.5. The van der Waals surface area contributed by atoms with Crippen LogP contribution in [0, 0.1) is 11.7 Å². The fourth-order valence-electron chi connectivity index (χ4n) is 2.31. The van der Waals surface area contributed by atoms with Gasteiger partial charge in [0.15, 0.2) is 5.82 Å². The molecule has 1 aromatic rings. The van der Waals surface area contributed by atoms with Crippen LogP contribution in [0.3, 0.4) is 0 Å². The number of hydrogen-bond acceptors (Lipinski definition) is 4. The van der Waals surface area contributed by atoms with E-state index in [1.807, 2.05) is 13.8 Å². The molecular weight excluding hydrogens is 344 g/mol. The van der Waals surface area contributed by atoms with Crippen molar-refractivity contribution in [2.45, 2.75) is 38.8 Å². The molecule has 23 heavy (non-hydrogen) atoms. The summed E-state index contributed by atoms with van der Waals surface area (Å²) in [5.74, 6) is -0.333. The van der Waals surface area contributed by atoms with Crippen LogP contribution in [0.2, 0.25) is 0 Å². The molecule has 0 aromatic carbocycles. The van der Waals surface area contributed by atoms with Gasteiger partial charge in [-0.15, -0.1) is 24.8 Å². The van der Waals surface area contributed by atoms with Crippen molar-refractivity contribution in [1.29, 1.82) is 0 Å². The summed E-state index contributed by atoms with van der Waals surface area (Å²) in [6.45, 7) is 5.03. The number of rotatable bonds is 4. The van der Waals surface area contributed by atoms with Crippen molar-refractivity contribution in [1.82, 2.24) is 9.88 Å². The van der Waals surface area contributed by atoms with Crippen LogP contribution < -0.4 is 10.5 Å². The molecule has 1 aromatic heterocycles. The van der Waals surface area contributed by atoms with Gasteiger partial charge in [-0.25, -0.2) is 9.37 Å². The number of likely N-dealkylation sites (tertiary alicyclic amines) is 1. The molecule has 0 saturated carbocycles. The van der Waals surface area contributed by atoms with E-state index >= 15 is 0 Å².